The molecular weight excluding hydrogens is 343 g/mol. The lowest BCUT2D eigenvalue weighted by molar-refractivity contribution is 0.416. The maximum Gasteiger partial charge on any atom is 0.128 e. The topological polar surface area (TPSA) is 51.0 Å². The lowest BCUT2D eigenvalue weighted by Crippen LogP contribution is -1.99. The van der Waals surface area contributed by atoms with E-state index in [1.807, 2.05) is 36.4 Å². The Labute approximate surface area is 151 Å². The molecule has 1 heterocycles. The van der Waals surface area contributed by atoms with E-state index in [0.29, 0.717) is 16.6 Å². The fourth-order valence-electron chi connectivity index (χ4n) is 3.07. The second kappa shape index (κ2) is 7.47. The summed E-state index contributed by atoms with van der Waals surface area (Å²) in [6.07, 6.45) is 2.84. The molecule has 0 saturated carbocycles. The van der Waals surface area contributed by atoms with Gasteiger partial charge in [-0.1, -0.05) is 35.3 Å². The molecule has 0 spiro atoms. The first-order valence-electron chi connectivity index (χ1n) is 7.99. The van der Waals surface area contributed by atoms with Crippen molar-refractivity contribution in [2.45, 2.75) is 19.3 Å². The van der Waals surface area contributed by atoms with Gasteiger partial charge in [0.25, 0.3) is 0 Å². The van der Waals surface area contributed by atoms with Gasteiger partial charge >= 0.3 is 0 Å². The highest BCUT2D eigenvalue weighted by Gasteiger charge is 2.19. The number of para-hydroxylation sites is 1. The van der Waals surface area contributed by atoms with Crippen LogP contribution in [0.3, 0.4) is 0 Å². The third-order valence-electron chi connectivity index (χ3n) is 4.21. The summed E-state index contributed by atoms with van der Waals surface area (Å²) in [5, 5.41) is 2.35. The number of aryl methyl sites for hydroxylation is 1. The van der Waals surface area contributed by atoms with Crippen molar-refractivity contribution in [1.82, 2.24) is 4.98 Å². The Morgan fingerprint density at radius 3 is 2.54 bits per heavy atom. The van der Waals surface area contributed by atoms with Crippen molar-refractivity contribution >= 4 is 34.1 Å². The zero-order valence-corrected chi connectivity index (χ0v) is 15.0. The van der Waals surface area contributed by atoms with E-state index in [1.165, 1.54) is 0 Å². The summed E-state index contributed by atoms with van der Waals surface area (Å²) in [6, 6.07) is 11.6. The van der Waals surface area contributed by atoms with Crippen LogP contribution in [0.25, 0.3) is 22.2 Å². The number of methoxy groups -OCH3 is 1. The standard InChI is InChI=1S/C19H20Cl2N2O/c1-24-16-8-3-2-6-12(16)18-13(7-4-5-11-22)17-14(20)9-10-15(21)19(17)23-18/h2-3,6,8-10,23H,4-5,7,11,22H2,1H3. The molecule has 0 fully saturated rings. The highest BCUT2D eigenvalue weighted by molar-refractivity contribution is 6.40. The molecule has 3 rings (SSSR count). The van der Waals surface area contributed by atoms with Crippen molar-refractivity contribution in [3.8, 4) is 17.0 Å². The van der Waals surface area contributed by atoms with Gasteiger partial charge < -0.3 is 15.5 Å². The maximum absolute atomic E-state index is 6.49. The molecule has 0 radical (unpaired) electrons. The van der Waals surface area contributed by atoms with Gasteiger partial charge in [0.05, 0.1) is 28.4 Å². The number of nitrogens with two attached hydrogens (primary N) is 1. The van der Waals surface area contributed by atoms with E-state index >= 15 is 0 Å². The molecule has 0 aliphatic carbocycles. The zero-order chi connectivity index (χ0) is 17.1. The molecule has 0 saturated heterocycles. The molecule has 0 aliphatic rings. The first kappa shape index (κ1) is 17.2. The van der Waals surface area contributed by atoms with Gasteiger partial charge in [0, 0.05) is 10.9 Å². The molecule has 3 N–H and O–H groups in total. The summed E-state index contributed by atoms with van der Waals surface area (Å²) in [6.45, 7) is 0.681. The average Bonchev–Trinajstić information content (AvgIpc) is 2.99. The molecule has 3 nitrogen and oxygen atoms in total. The van der Waals surface area contributed by atoms with Crippen LogP contribution in [0.2, 0.25) is 10.0 Å². The Hall–Kier alpha value is -1.68. The van der Waals surface area contributed by atoms with Gasteiger partial charge in [-0.3, -0.25) is 0 Å². The monoisotopic (exact) mass is 362 g/mol. The highest BCUT2D eigenvalue weighted by atomic mass is 35.5. The summed E-state index contributed by atoms with van der Waals surface area (Å²) in [7, 11) is 1.68. The largest absolute Gasteiger partial charge is 0.496 e. The lowest BCUT2D eigenvalue weighted by Gasteiger charge is -2.10. The van der Waals surface area contributed by atoms with E-state index in [0.717, 1.165) is 52.7 Å². The molecule has 0 atom stereocenters. The molecule has 0 aliphatic heterocycles. The van der Waals surface area contributed by atoms with Crippen molar-refractivity contribution in [3.63, 3.8) is 0 Å². The number of hydrogen-bond acceptors (Lipinski definition) is 2. The molecule has 1 aromatic heterocycles. The van der Waals surface area contributed by atoms with E-state index in [1.54, 1.807) is 7.11 Å². The summed E-state index contributed by atoms with van der Waals surface area (Å²) >= 11 is 12.9. The van der Waals surface area contributed by atoms with E-state index in [4.69, 9.17) is 33.7 Å². The fourth-order valence-corrected chi connectivity index (χ4v) is 3.55. The third kappa shape index (κ3) is 3.12. The number of rotatable bonds is 6. The predicted octanol–water partition coefficient (Wildman–Crippen LogP) is 5.43. The summed E-state index contributed by atoms with van der Waals surface area (Å²) in [5.41, 5.74) is 9.70. The zero-order valence-electron chi connectivity index (χ0n) is 13.5. The van der Waals surface area contributed by atoms with Crippen molar-refractivity contribution in [3.05, 3.63) is 52.0 Å². The number of unbranched alkanes of at least 4 members (excludes halogenated alkanes) is 1. The van der Waals surface area contributed by atoms with Gasteiger partial charge in [0.15, 0.2) is 0 Å². The molecular formula is C19H20Cl2N2O. The van der Waals surface area contributed by atoms with E-state index < -0.39 is 0 Å². The number of benzene rings is 2. The smallest absolute Gasteiger partial charge is 0.128 e. The highest BCUT2D eigenvalue weighted by Crippen LogP contribution is 2.41. The molecule has 3 aromatic rings. The quantitative estimate of drug-likeness (QED) is 0.574. The molecule has 0 bridgehead atoms. The Morgan fingerprint density at radius 1 is 1.04 bits per heavy atom. The molecule has 126 valence electrons. The average molecular weight is 363 g/mol. The van der Waals surface area contributed by atoms with Crippen LogP contribution >= 0.6 is 23.2 Å². The molecule has 5 heteroatoms. The van der Waals surface area contributed by atoms with Gasteiger partial charge in [0.2, 0.25) is 0 Å². The Kier molecular flexibility index (Phi) is 5.34. The van der Waals surface area contributed by atoms with Gasteiger partial charge in [0.1, 0.15) is 5.75 Å². The van der Waals surface area contributed by atoms with Crippen LogP contribution in [0.15, 0.2) is 36.4 Å². The molecule has 24 heavy (non-hydrogen) atoms. The van der Waals surface area contributed by atoms with Gasteiger partial charge in [-0.2, -0.15) is 0 Å². The fraction of sp³-hybridized carbons (Fsp3) is 0.263. The van der Waals surface area contributed by atoms with Gasteiger partial charge in [-0.25, -0.2) is 0 Å². The summed E-state index contributed by atoms with van der Waals surface area (Å²) < 4.78 is 5.53. The van der Waals surface area contributed by atoms with Crippen LogP contribution in [0.1, 0.15) is 18.4 Å². The Morgan fingerprint density at radius 2 is 1.79 bits per heavy atom. The van der Waals surface area contributed by atoms with Crippen molar-refractivity contribution in [2.75, 3.05) is 13.7 Å². The van der Waals surface area contributed by atoms with Crippen LogP contribution in [0.4, 0.5) is 0 Å². The Bertz CT molecular complexity index is 858. The number of aromatic nitrogens is 1. The minimum Gasteiger partial charge on any atom is -0.496 e. The van der Waals surface area contributed by atoms with E-state index in [-0.39, 0.29) is 0 Å². The van der Waals surface area contributed by atoms with Gasteiger partial charge in [-0.15, -0.1) is 0 Å². The number of fused-ring (bicyclic) bond motifs is 1. The van der Waals surface area contributed by atoms with Crippen LogP contribution in [0.5, 0.6) is 5.75 Å². The van der Waals surface area contributed by atoms with Crippen molar-refractivity contribution in [1.29, 1.82) is 0 Å². The first-order valence-corrected chi connectivity index (χ1v) is 8.75. The van der Waals surface area contributed by atoms with Crippen molar-refractivity contribution < 1.29 is 4.74 Å². The molecule has 2 aromatic carbocycles. The Balaban J connectivity index is 2.24. The van der Waals surface area contributed by atoms with E-state index in [2.05, 4.69) is 4.98 Å². The number of halogens is 2. The SMILES string of the molecule is COc1ccccc1-c1[nH]c2c(Cl)ccc(Cl)c2c1CCCCN. The first-order chi connectivity index (χ1) is 11.7. The number of aromatic amines is 1. The number of ether oxygens (including phenoxy) is 1. The molecule has 0 unspecified atom stereocenters. The summed E-state index contributed by atoms with van der Waals surface area (Å²) in [5.74, 6) is 0.816. The maximum atomic E-state index is 6.49. The number of H-pyrrole nitrogens is 1. The molecule has 0 amide bonds. The summed E-state index contributed by atoms with van der Waals surface area (Å²) in [4.78, 5) is 3.46. The van der Waals surface area contributed by atoms with Crippen molar-refractivity contribution in [2.24, 2.45) is 5.73 Å². The van der Waals surface area contributed by atoms with Crippen LogP contribution in [0, 0.1) is 0 Å². The van der Waals surface area contributed by atoms with Gasteiger partial charge in [-0.05, 0) is 55.6 Å². The lowest BCUT2D eigenvalue weighted by atomic mass is 9.99. The van der Waals surface area contributed by atoms with Crippen LogP contribution < -0.4 is 10.5 Å². The second-order valence-electron chi connectivity index (χ2n) is 5.70. The number of hydrogen-bond donors (Lipinski definition) is 2. The van der Waals surface area contributed by atoms with Crippen LogP contribution in [-0.2, 0) is 6.42 Å². The van der Waals surface area contributed by atoms with Crippen LogP contribution in [-0.4, -0.2) is 18.6 Å². The normalized spacial score (nSPS) is 11.2. The van der Waals surface area contributed by atoms with E-state index in [9.17, 15) is 0 Å². The second-order valence-corrected chi connectivity index (χ2v) is 6.52. The minimum absolute atomic E-state index is 0.663. The minimum atomic E-state index is 0.663. The third-order valence-corrected chi connectivity index (χ3v) is 4.84. The number of nitrogens with one attached hydrogen (secondary N) is 1. The predicted molar refractivity (Wildman–Crippen MR) is 102 cm³/mol.